The lowest BCUT2D eigenvalue weighted by Crippen LogP contribution is -2.35. The Kier molecular flexibility index (Phi) is 6.04. The van der Waals surface area contributed by atoms with E-state index in [9.17, 15) is 4.39 Å². The van der Waals surface area contributed by atoms with Crippen LogP contribution >= 0.6 is 0 Å². The third-order valence-corrected chi connectivity index (χ3v) is 4.68. The van der Waals surface area contributed by atoms with Gasteiger partial charge < -0.3 is 10.2 Å². The van der Waals surface area contributed by atoms with Gasteiger partial charge in [-0.1, -0.05) is 19.9 Å². The smallest absolute Gasteiger partial charge is 0.146 e. The Balaban J connectivity index is 1.99. The zero-order valence-electron chi connectivity index (χ0n) is 13.7. The van der Waals surface area contributed by atoms with Crippen LogP contribution in [0.5, 0.6) is 0 Å². The zero-order valence-corrected chi connectivity index (χ0v) is 13.7. The predicted molar refractivity (Wildman–Crippen MR) is 88.2 cm³/mol. The summed E-state index contributed by atoms with van der Waals surface area (Å²) >= 11 is 0. The highest BCUT2D eigenvalue weighted by Gasteiger charge is 2.23. The molecule has 0 saturated heterocycles. The maximum Gasteiger partial charge on any atom is 0.146 e. The largest absolute Gasteiger partial charge is 0.369 e. The number of rotatable bonds is 6. The van der Waals surface area contributed by atoms with Crippen LogP contribution in [-0.2, 0) is 6.54 Å². The number of hydrogen-bond acceptors (Lipinski definition) is 2. The van der Waals surface area contributed by atoms with Crippen LogP contribution in [0.4, 0.5) is 10.1 Å². The number of nitrogens with zero attached hydrogens (tertiary/aromatic N) is 1. The van der Waals surface area contributed by atoms with Gasteiger partial charge in [0.1, 0.15) is 5.82 Å². The summed E-state index contributed by atoms with van der Waals surface area (Å²) in [6.07, 6.45) is 5.97. The highest BCUT2D eigenvalue weighted by molar-refractivity contribution is 5.49. The summed E-state index contributed by atoms with van der Waals surface area (Å²) in [5.74, 6) is 0.735. The van der Waals surface area contributed by atoms with Gasteiger partial charge in [0, 0.05) is 19.6 Å². The van der Waals surface area contributed by atoms with Crippen LogP contribution in [0.3, 0.4) is 0 Å². The first kappa shape index (κ1) is 16.3. The number of nitrogens with one attached hydrogen (secondary N) is 1. The van der Waals surface area contributed by atoms with Crippen LogP contribution in [0.1, 0.15) is 51.5 Å². The molecule has 0 spiro atoms. The molecule has 0 amide bonds. The SMILES string of the molecule is CCCNCc1ccc(N(C)C2CCC(C)CC2)c(F)c1. The molecule has 118 valence electrons. The minimum Gasteiger partial charge on any atom is -0.369 e. The van der Waals surface area contributed by atoms with Crippen LogP contribution < -0.4 is 10.2 Å². The lowest BCUT2D eigenvalue weighted by Gasteiger charge is -2.35. The van der Waals surface area contributed by atoms with Crippen LogP contribution in [0.2, 0.25) is 0 Å². The quantitative estimate of drug-likeness (QED) is 0.785. The average Bonchev–Trinajstić information content (AvgIpc) is 2.48. The second-order valence-corrected chi connectivity index (χ2v) is 6.49. The van der Waals surface area contributed by atoms with Crippen molar-refractivity contribution in [3.8, 4) is 0 Å². The van der Waals surface area contributed by atoms with E-state index in [-0.39, 0.29) is 5.82 Å². The predicted octanol–water partition coefficient (Wildman–Crippen LogP) is 4.34. The minimum atomic E-state index is -0.0908. The Bertz CT molecular complexity index is 439. The molecule has 2 nitrogen and oxygen atoms in total. The van der Waals surface area contributed by atoms with Gasteiger partial charge in [-0.3, -0.25) is 0 Å². The van der Waals surface area contributed by atoms with Crippen molar-refractivity contribution in [1.29, 1.82) is 0 Å². The van der Waals surface area contributed by atoms with Crippen molar-refractivity contribution in [3.63, 3.8) is 0 Å². The molecule has 1 saturated carbocycles. The molecule has 0 radical (unpaired) electrons. The van der Waals surface area contributed by atoms with Crippen LogP contribution in [-0.4, -0.2) is 19.6 Å². The molecular weight excluding hydrogens is 263 g/mol. The van der Waals surface area contributed by atoms with Crippen molar-refractivity contribution >= 4 is 5.69 Å². The molecule has 21 heavy (non-hydrogen) atoms. The third kappa shape index (κ3) is 4.44. The Morgan fingerprint density at radius 2 is 1.95 bits per heavy atom. The second-order valence-electron chi connectivity index (χ2n) is 6.49. The van der Waals surface area contributed by atoms with E-state index in [1.807, 2.05) is 19.2 Å². The van der Waals surface area contributed by atoms with Crippen molar-refractivity contribution in [3.05, 3.63) is 29.6 Å². The molecule has 1 N–H and O–H groups in total. The molecule has 0 bridgehead atoms. The van der Waals surface area contributed by atoms with Crippen LogP contribution in [0.25, 0.3) is 0 Å². The fourth-order valence-electron chi connectivity index (χ4n) is 3.18. The van der Waals surface area contributed by atoms with E-state index in [1.165, 1.54) is 25.7 Å². The molecule has 2 rings (SSSR count). The normalized spacial score (nSPS) is 22.3. The molecule has 0 heterocycles. The fraction of sp³-hybridized carbons (Fsp3) is 0.667. The van der Waals surface area contributed by atoms with Gasteiger partial charge in [-0.15, -0.1) is 0 Å². The first-order valence-corrected chi connectivity index (χ1v) is 8.33. The highest BCUT2D eigenvalue weighted by Crippen LogP contribution is 2.30. The number of benzene rings is 1. The van der Waals surface area contributed by atoms with Gasteiger partial charge in [0.05, 0.1) is 5.69 Å². The molecule has 1 fully saturated rings. The molecule has 1 aliphatic carbocycles. The van der Waals surface area contributed by atoms with E-state index in [0.29, 0.717) is 6.04 Å². The van der Waals surface area contributed by atoms with Gasteiger partial charge in [-0.05, 0) is 62.3 Å². The Labute approximate surface area is 128 Å². The average molecular weight is 292 g/mol. The minimum absolute atomic E-state index is 0.0908. The van der Waals surface area contributed by atoms with Gasteiger partial charge in [0.25, 0.3) is 0 Å². The molecule has 3 heteroatoms. The van der Waals surface area contributed by atoms with Gasteiger partial charge in [0.2, 0.25) is 0 Å². The van der Waals surface area contributed by atoms with Gasteiger partial charge in [-0.2, -0.15) is 0 Å². The summed E-state index contributed by atoms with van der Waals surface area (Å²) in [7, 11) is 2.04. The van der Waals surface area contributed by atoms with Gasteiger partial charge in [0.15, 0.2) is 0 Å². The highest BCUT2D eigenvalue weighted by atomic mass is 19.1. The third-order valence-electron chi connectivity index (χ3n) is 4.68. The fourth-order valence-corrected chi connectivity index (χ4v) is 3.18. The number of anilines is 1. The molecule has 0 aliphatic heterocycles. The van der Waals surface area contributed by atoms with Crippen molar-refractivity contribution in [2.24, 2.45) is 5.92 Å². The molecule has 1 aromatic carbocycles. The Hall–Kier alpha value is -1.09. The summed E-state index contributed by atoms with van der Waals surface area (Å²) in [6.45, 7) is 6.17. The molecule has 0 unspecified atom stereocenters. The summed E-state index contributed by atoms with van der Waals surface area (Å²) in [4.78, 5) is 2.14. The molecular formula is C18H29FN2. The lowest BCUT2D eigenvalue weighted by molar-refractivity contribution is 0.339. The number of halogens is 1. The Morgan fingerprint density at radius 3 is 2.57 bits per heavy atom. The maximum absolute atomic E-state index is 14.4. The lowest BCUT2D eigenvalue weighted by atomic mass is 9.86. The van der Waals surface area contributed by atoms with Gasteiger partial charge >= 0.3 is 0 Å². The zero-order chi connectivity index (χ0) is 15.2. The van der Waals surface area contributed by atoms with E-state index in [1.54, 1.807) is 6.07 Å². The van der Waals surface area contributed by atoms with E-state index in [0.717, 1.165) is 36.7 Å². The molecule has 0 atom stereocenters. The standard InChI is InChI=1S/C18H29FN2/c1-4-11-20-13-15-7-10-18(17(19)12-15)21(3)16-8-5-14(2)6-9-16/h7,10,12,14,16,20H,4-6,8-9,11,13H2,1-3H3. The molecule has 0 aromatic heterocycles. The number of hydrogen-bond donors (Lipinski definition) is 1. The monoisotopic (exact) mass is 292 g/mol. The topological polar surface area (TPSA) is 15.3 Å². The molecule has 1 aliphatic rings. The van der Waals surface area contributed by atoms with Gasteiger partial charge in [-0.25, -0.2) is 4.39 Å². The first-order valence-electron chi connectivity index (χ1n) is 8.33. The van der Waals surface area contributed by atoms with E-state index < -0.39 is 0 Å². The van der Waals surface area contributed by atoms with Crippen molar-refractivity contribution in [2.45, 2.75) is 58.5 Å². The summed E-state index contributed by atoms with van der Waals surface area (Å²) in [5.41, 5.74) is 1.77. The van der Waals surface area contributed by atoms with E-state index >= 15 is 0 Å². The summed E-state index contributed by atoms with van der Waals surface area (Å²) < 4.78 is 14.4. The van der Waals surface area contributed by atoms with Crippen LogP contribution in [0.15, 0.2) is 18.2 Å². The second kappa shape index (κ2) is 7.79. The van der Waals surface area contributed by atoms with E-state index in [2.05, 4.69) is 24.1 Å². The van der Waals surface area contributed by atoms with E-state index in [4.69, 9.17) is 0 Å². The Morgan fingerprint density at radius 1 is 1.24 bits per heavy atom. The van der Waals surface area contributed by atoms with Crippen molar-refractivity contribution in [2.75, 3.05) is 18.5 Å². The van der Waals surface area contributed by atoms with Crippen LogP contribution in [0, 0.1) is 11.7 Å². The van der Waals surface area contributed by atoms with Crippen molar-refractivity contribution < 1.29 is 4.39 Å². The molecule has 1 aromatic rings. The maximum atomic E-state index is 14.4. The van der Waals surface area contributed by atoms with Crippen molar-refractivity contribution in [1.82, 2.24) is 5.32 Å². The summed E-state index contributed by atoms with van der Waals surface area (Å²) in [6, 6.07) is 6.15. The summed E-state index contributed by atoms with van der Waals surface area (Å²) in [5, 5.41) is 3.32. The first-order chi connectivity index (χ1) is 10.1.